The number of benzene rings is 2. The van der Waals surface area contributed by atoms with Crippen molar-refractivity contribution in [2.24, 2.45) is 0 Å². The van der Waals surface area contributed by atoms with Crippen LogP contribution < -0.4 is 10.6 Å². The number of hydrogen-bond donors (Lipinski definition) is 2. The molecule has 1 aliphatic carbocycles. The lowest BCUT2D eigenvalue weighted by Gasteiger charge is -2.28. The molecule has 1 amide bonds. The predicted octanol–water partition coefficient (Wildman–Crippen LogP) is 3.73. The van der Waals surface area contributed by atoms with Crippen LogP contribution in [0.15, 0.2) is 42.5 Å². The summed E-state index contributed by atoms with van der Waals surface area (Å²) in [7, 11) is 0. The number of nitro groups is 1. The highest BCUT2D eigenvalue weighted by molar-refractivity contribution is 5.94. The maximum Gasteiger partial charge on any atom is 0.306 e. The lowest BCUT2D eigenvalue weighted by atomic mass is 9.87. The average molecular weight is 357 g/mol. The van der Waals surface area contributed by atoms with Gasteiger partial charge in [0.2, 0.25) is 11.7 Å². The zero-order valence-corrected chi connectivity index (χ0v) is 14.4. The number of nitro benzene ring substituents is 1. The summed E-state index contributed by atoms with van der Waals surface area (Å²) in [6.45, 7) is 1.74. The van der Waals surface area contributed by atoms with E-state index in [-0.39, 0.29) is 17.6 Å². The first-order valence-electron chi connectivity index (χ1n) is 8.54. The van der Waals surface area contributed by atoms with Gasteiger partial charge in [-0.2, -0.15) is 4.39 Å². The third-order valence-corrected chi connectivity index (χ3v) is 4.62. The Hall–Kier alpha value is -2.80. The number of halogens is 1. The van der Waals surface area contributed by atoms with Gasteiger partial charge in [0.15, 0.2) is 0 Å². The topological polar surface area (TPSA) is 84.3 Å². The van der Waals surface area contributed by atoms with E-state index in [2.05, 4.69) is 22.8 Å². The molecule has 3 rings (SSSR count). The van der Waals surface area contributed by atoms with Crippen LogP contribution in [-0.2, 0) is 11.2 Å². The normalized spacial score (nSPS) is 17.2. The second-order valence-electron chi connectivity index (χ2n) is 6.44. The van der Waals surface area contributed by atoms with E-state index >= 15 is 0 Å². The van der Waals surface area contributed by atoms with Crippen LogP contribution in [0.2, 0.25) is 0 Å². The SMILES string of the molecule is C[C@@H](N[C@@H]1CCCc2ccccc21)C(=O)Nc1ccc(F)c([N+](=O)[O-])c1. The molecule has 136 valence electrons. The summed E-state index contributed by atoms with van der Waals surface area (Å²) < 4.78 is 13.4. The van der Waals surface area contributed by atoms with Crippen molar-refractivity contribution in [3.05, 3.63) is 69.5 Å². The van der Waals surface area contributed by atoms with Crippen molar-refractivity contribution in [3.8, 4) is 0 Å². The molecule has 0 radical (unpaired) electrons. The van der Waals surface area contributed by atoms with E-state index in [0.29, 0.717) is 0 Å². The monoisotopic (exact) mass is 357 g/mol. The standard InChI is InChI=1S/C19H20FN3O3/c1-12(21-17-8-4-6-13-5-2-3-7-15(13)17)19(24)22-14-9-10-16(20)18(11-14)23(25)26/h2-3,5,7,9-12,17,21H,4,6,8H2,1H3,(H,22,24)/t12-,17-/m1/s1. The van der Waals surface area contributed by atoms with E-state index in [1.54, 1.807) is 6.92 Å². The number of aryl methyl sites for hydroxylation is 1. The fourth-order valence-corrected chi connectivity index (χ4v) is 3.29. The van der Waals surface area contributed by atoms with Crippen LogP contribution in [0.4, 0.5) is 15.8 Å². The van der Waals surface area contributed by atoms with Gasteiger partial charge in [-0.25, -0.2) is 0 Å². The van der Waals surface area contributed by atoms with E-state index in [4.69, 9.17) is 0 Å². The predicted molar refractivity (Wildman–Crippen MR) is 96.4 cm³/mol. The summed E-state index contributed by atoms with van der Waals surface area (Å²) in [5, 5.41) is 16.7. The maximum absolute atomic E-state index is 13.4. The van der Waals surface area contributed by atoms with Gasteiger partial charge in [0.25, 0.3) is 0 Å². The second kappa shape index (κ2) is 7.61. The lowest BCUT2D eigenvalue weighted by Crippen LogP contribution is -2.41. The van der Waals surface area contributed by atoms with Crippen LogP contribution in [0.5, 0.6) is 0 Å². The highest BCUT2D eigenvalue weighted by Crippen LogP contribution is 2.30. The first-order chi connectivity index (χ1) is 12.5. The fourth-order valence-electron chi connectivity index (χ4n) is 3.29. The van der Waals surface area contributed by atoms with E-state index in [1.165, 1.54) is 17.2 Å². The van der Waals surface area contributed by atoms with Crippen LogP contribution in [-0.4, -0.2) is 16.9 Å². The first kappa shape index (κ1) is 18.0. The molecule has 2 atom stereocenters. The zero-order valence-electron chi connectivity index (χ0n) is 14.4. The summed E-state index contributed by atoms with van der Waals surface area (Å²) in [6.07, 6.45) is 3.03. The third-order valence-electron chi connectivity index (χ3n) is 4.62. The molecule has 2 aromatic rings. The summed E-state index contributed by atoms with van der Waals surface area (Å²) >= 11 is 0. The van der Waals surface area contributed by atoms with E-state index in [9.17, 15) is 19.3 Å². The molecule has 6 nitrogen and oxygen atoms in total. The van der Waals surface area contributed by atoms with Gasteiger partial charge < -0.3 is 5.32 Å². The van der Waals surface area contributed by atoms with Gasteiger partial charge in [-0.3, -0.25) is 20.2 Å². The Morgan fingerprint density at radius 1 is 1.31 bits per heavy atom. The smallest absolute Gasteiger partial charge is 0.306 e. The minimum atomic E-state index is -0.932. The number of nitrogens with zero attached hydrogens (tertiary/aromatic N) is 1. The molecular formula is C19H20FN3O3. The Morgan fingerprint density at radius 2 is 2.08 bits per heavy atom. The summed E-state index contributed by atoms with van der Waals surface area (Å²) in [5.74, 6) is -1.26. The number of hydrogen-bond acceptors (Lipinski definition) is 4. The molecular weight excluding hydrogens is 337 g/mol. The van der Waals surface area contributed by atoms with Gasteiger partial charge in [0, 0.05) is 17.8 Å². The molecule has 0 aliphatic heterocycles. The van der Waals surface area contributed by atoms with Crippen molar-refractivity contribution in [3.63, 3.8) is 0 Å². The highest BCUT2D eigenvalue weighted by atomic mass is 19.1. The largest absolute Gasteiger partial charge is 0.324 e. The van der Waals surface area contributed by atoms with Gasteiger partial charge in [-0.05, 0) is 49.4 Å². The van der Waals surface area contributed by atoms with Gasteiger partial charge in [0.1, 0.15) is 0 Å². The molecule has 0 spiro atoms. The molecule has 0 heterocycles. The van der Waals surface area contributed by atoms with Crippen LogP contribution in [0.1, 0.15) is 36.9 Å². The number of nitrogens with one attached hydrogen (secondary N) is 2. The van der Waals surface area contributed by atoms with Crippen LogP contribution in [0.25, 0.3) is 0 Å². The van der Waals surface area contributed by atoms with E-state index < -0.39 is 22.5 Å². The summed E-state index contributed by atoms with van der Waals surface area (Å²) in [6, 6.07) is 11.1. The highest BCUT2D eigenvalue weighted by Gasteiger charge is 2.24. The fraction of sp³-hybridized carbons (Fsp3) is 0.316. The molecule has 0 saturated heterocycles. The van der Waals surface area contributed by atoms with Crippen LogP contribution in [0.3, 0.4) is 0 Å². The average Bonchev–Trinajstić information content (AvgIpc) is 2.63. The molecule has 0 fully saturated rings. The summed E-state index contributed by atoms with van der Waals surface area (Å²) in [4.78, 5) is 22.4. The number of fused-ring (bicyclic) bond motifs is 1. The number of carbonyl (C=O) groups is 1. The number of rotatable bonds is 5. The number of anilines is 1. The zero-order chi connectivity index (χ0) is 18.7. The third kappa shape index (κ3) is 3.88. The quantitative estimate of drug-likeness (QED) is 0.631. The molecule has 2 aromatic carbocycles. The van der Waals surface area contributed by atoms with Crippen LogP contribution >= 0.6 is 0 Å². The first-order valence-corrected chi connectivity index (χ1v) is 8.54. The van der Waals surface area contributed by atoms with Crippen molar-refractivity contribution >= 4 is 17.3 Å². The molecule has 2 N–H and O–H groups in total. The molecule has 0 unspecified atom stereocenters. The molecule has 1 aliphatic rings. The maximum atomic E-state index is 13.4. The van der Waals surface area contributed by atoms with Crippen LogP contribution in [0, 0.1) is 15.9 Å². The van der Waals surface area contributed by atoms with Gasteiger partial charge in [0.05, 0.1) is 11.0 Å². The Labute approximate surface area is 150 Å². The van der Waals surface area contributed by atoms with E-state index in [0.717, 1.165) is 31.4 Å². The Bertz CT molecular complexity index is 841. The van der Waals surface area contributed by atoms with Crippen molar-refractivity contribution in [2.75, 3.05) is 5.32 Å². The number of amides is 1. The van der Waals surface area contributed by atoms with Gasteiger partial charge in [-0.1, -0.05) is 24.3 Å². The molecule has 0 aromatic heterocycles. The number of carbonyl (C=O) groups excluding carboxylic acids is 1. The van der Waals surface area contributed by atoms with Crippen molar-refractivity contribution in [1.82, 2.24) is 5.32 Å². The Morgan fingerprint density at radius 3 is 2.85 bits per heavy atom. The molecule has 0 saturated carbocycles. The lowest BCUT2D eigenvalue weighted by molar-refractivity contribution is -0.387. The Balaban J connectivity index is 1.68. The molecule has 7 heteroatoms. The second-order valence-corrected chi connectivity index (χ2v) is 6.44. The minimum absolute atomic E-state index is 0.0863. The van der Waals surface area contributed by atoms with Crippen molar-refractivity contribution in [2.45, 2.75) is 38.3 Å². The van der Waals surface area contributed by atoms with Gasteiger partial charge >= 0.3 is 5.69 Å². The Kier molecular flexibility index (Phi) is 5.27. The van der Waals surface area contributed by atoms with E-state index in [1.807, 2.05) is 12.1 Å². The van der Waals surface area contributed by atoms with Crippen molar-refractivity contribution < 1.29 is 14.1 Å². The summed E-state index contributed by atoms with van der Waals surface area (Å²) in [5.41, 5.74) is 2.03. The molecule has 0 bridgehead atoms. The van der Waals surface area contributed by atoms with Gasteiger partial charge in [-0.15, -0.1) is 0 Å². The minimum Gasteiger partial charge on any atom is -0.324 e. The molecule has 26 heavy (non-hydrogen) atoms. The van der Waals surface area contributed by atoms with Crippen molar-refractivity contribution in [1.29, 1.82) is 0 Å².